The number of benzene rings is 1. The fraction of sp³-hybridized carbons (Fsp3) is 0.400. The Hall–Kier alpha value is -0.200. The molecule has 0 atom stereocenters. The highest BCUT2D eigenvalue weighted by Gasteiger charge is 2.00. The maximum absolute atomic E-state index is 5.65. The van der Waals surface area contributed by atoms with Crippen molar-refractivity contribution < 1.29 is 0 Å². The van der Waals surface area contributed by atoms with E-state index in [4.69, 9.17) is 23.2 Å². The highest BCUT2D eigenvalue weighted by Crippen LogP contribution is 2.12. The molecule has 0 radical (unpaired) electrons. The highest BCUT2D eigenvalue weighted by molar-refractivity contribution is 6.44. The second kappa shape index (κ2) is 4.74. The molecule has 0 fully saturated rings. The average Bonchev–Trinajstić information content (AvgIpc) is 2.05. The fourth-order valence-corrected chi connectivity index (χ4v) is 1.45. The highest BCUT2D eigenvalue weighted by atomic mass is 35.5. The lowest BCUT2D eigenvalue weighted by atomic mass is 10.1. The maximum Gasteiger partial charge on any atom is 0.111 e. The van der Waals surface area contributed by atoms with Crippen LogP contribution in [0.15, 0.2) is 24.3 Å². The van der Waals surface area contributed by atoms with Gasteiger partial charge in [-0.3, -0.25) is 0 Å². The van der Waals surface area contributed by atoms with Crippen LogP contribution in [0, 0.1) is 0 Å². The van der Waals surface area contributed by atoms with Gasteiger partial charge in [0.25, 0.3) is 0 Å². The summed E-state index contributed by atoms with van der Waals surface area (Å²) in [6.45, 7) is 2.14. The minimum atomic E-state index is -0.294. The van der Waals surface area contributed by atoms with E-state index in [1.165, 1.54) is 11.1 Å². The lowest BCUT2D eigenvalue weighted by Gasteiger charge is -2.02. The van der Waals surface area contributed by atoms with Gasteiger partial charge in [0.1, 0.15) is 4.84 Å². The first-order valence-corrected chi connectivity index (χ1v) is 4.95. The Labute approximate surface area is 83.5 Å². The van der Waals surface area contributed by atoms with E-state index >= 15 is 0 Å². The van der Waals surface area contributed by atoms with Gasteiger partial charge in [-0.1, -0.05) is 31.2 Å². The summed E-state index contributed by atoms with van der Waals surface area (Å²) in [4.78, 5) is -0.294. The molecule has 0 aliphatic heterocycles. The van der Waals surface area contributed by atoms with Crippen molar-refractivity contribution >= 4 is 23.2 Å². The molecular weight excluding hydrogens is 191 g/mol. The summed E-state index contributed by atoms with van der Waals surface area (Å²) in [6.07, 6.45) is 1.80. The maximum atomic E-state index is 5.65. The predicted octanol–water partition coefficient (Wildman–Crippen LogP) is 3.60. The first kappa shape index (κ1) is 9.88. The Kier molecular flexibility index (Phi) is 3.90. The zero-order chi connectivity index (χ0) is 8.97. The summed E-state index contributed by atoms with van der Waals surface area (Å²) < 4.78 is 0. The summed E-state index contributed by atoms with van der Waals surface area (Å²) in [5.74, 6) is 0. The molecular formula is C10H12Cl2. The molecule has 0 spiro atoms. The van der Waals surface area contributed by atoms with Crippen molar-refractivity contribution in [3.8, 4) is 0 Å². The normalized spacial score (nSPS) is 10.7. The van der Waals surface area contributed by atoms with Crippen molar-refractivity contribution in [2.24, 2.45) is 0 Å². The van der Waals surface area contributed by atoms with Gasteiger partial charge >= 0.3 is 0 Å². The SMILES string of the molecule is CCc1ccc(CC(Cl)Cl)cc1. The van der Waals surface area contributed by atoms with Crippen molar-refractivity contribution in [3.63, 3.8) is 0 Å². The molecule has 0 amide bonds. The molecule has 0 aromatic heterocycles. The van der Waals surface area contributed by atoms with E-state index in [0.29, 0.717) is 0 Å². The number of hydrogen-bond donors (Lipinski definition) is 0. The molecule has 0 saturated carbocycles. The van der Waals surface area contributed by atoms with Crippen LogP contribution in [0.25, 0.3) is 0 Å². The van der Waals surface area contributed by atoms with Crippen molar-refractivity contribution in [1.29, 1.82) is 0 Å². The quantitative estimate of drug-likeness (QED) is 0.658. The van der Waals surface area contributed by atoms with Crippen LogP contribution < -0.4 is 0 Å². The molecule has 0 N–H and O–H groups in total. The topological polar surface area (TPSA) is 0 Å². The monoisotopic (exact) mass is 202 g/mol. The van der Waals surface area contributed by atoms with Gasteiger partial charge in [-0.15, -0.1) is 23.2 Å². The van der Waals surface area contributed by atoms with Gasteiger partial charge in [-0.2, -0.15) is 0 Å². The fourth-order valence-electron chi connectivity index (χ4n) is 1.09. The zero-order valence-electron chi connectivity index (χ0n) is 7.06. The Morgan fingerprint density at radius 2 is 1.58 bits per heavy atom. The van der Waals surface area contributed by atoms with E-state index in [0.717, 1.165) is 12.8 Å². The van der Waals surface area contributed by atoms with Crippen molar-refractivity contribution in [3.05, 3.63) is 35.4 Å². The van der Waals surface area contributed by atoms with Crippen molar-refractivity contribution in [2.75, 3.05) is 0 Å². The molecule has 0 nitrogen and oxygen atoms in total. The molecule has 0 aliphatic rings. The molecule has 0 bridgehead atoms. The average molecular weight is 203 g/mol. The molecule has 2 heteroatoms. The lowest BCUT2D eigenvalue weighted by molar-refractivity contribution is 1.07. The molecule has 0 unspecified atom stereocenters. The summed E-state index contributed by atoms with van der Waals surface area (Å²) >= 11 is 11.3. The van der Waals surface area contributed by atoms with E-state index in [1.807, 2.05) is 0 Å². The van der Waals surface area contributed by atoms with E-state index in [1.54, 1.807) is 0 Å². The van der Waals surface area contributed by atoms with Crippen LogP contribution in [-0.4, -0.2) is 4.84 Å². The molecule has 0 aliphatic carbocycles. The molecule has 12 heavy (non-hydrogen) atoms. The van der Waals surface area contributed by atoms with Crippen LogP contribution in [0.4, 0.5) is 0 Å². The summed E-state index contributed by atoms with van der Waals surface area (Å²) in [5.41, 5.74) is 2.54. The zero-order valence-corrected chi connectivity index (χ0v) is 8.57. The van der Waals surface area contributed by atoms with Crippen LogP contribution in [0.3, 0.4) is 0 Å². The van der Waals surface area contributed by atoms with E-state index in [-0.39, 0.29) is 4.84 Å². The van der Waals surface area contributed by atoms with Gasteiger partial charge in [0.2, 0.25) is 0 Å². The number of alkyl halides is 2. The third-order valence-corrected chi connectivity index (χ3v) is 2.13. The van der Waals surface area contributed by atoms with Crippen LogP contribution in [-0.2, 0) is 12.8 Å². The van der Waals surface area contributed by atoms with Gasteiger partial charge in [-0.25, -0.2) is 0 Å². The smallest absolute Gasteiger partial charge is 0.105 e. The Bertz CT molecular complexity index is 226. The Morgan fingerprint density at radius 1 is 1.08 bits per heavy atom. The van der Waals surface area contributed by atoms with E-state index in [2.05, 4.69) is 31.2 Å². The number of halogens is 2. The number of rotatable bonds is 3. The van der Waals surface area contributed by atoms with Gasteiger partial charge < -0.3 is 0 Å². The summed E-state index contributed by atoms with van der Waals surface area (Å²) in [6, 6.07) is 8.39. The van der Waals surface area contributed by atoms with Gasteiger partial charge in [-0.05, 0) is 17.5 Å². The molecule has 1 rings (SSSR count). The third kappa shape index (κ3) is 3.04. The standard InChI is InChI=1S/C10H12Cl2/c1-2-8-3-5-9(6-4-8)7-10(11)12/h3-6,10H,2,7H2,1H3. The molecule has 0 heterocycles. The molecule has 66 valence electrons. The van der Waals surface area contributed by atoms with Crippen LogP contribution >= 0.6 is 23.2 Å². The van der Waals surface area contributed by atoms with Crippen LogP contribution in [0.5, 0.6) is 0 Å². The first-order chi connectivity index (χ1) is 5.72. The van der Waals surface area contributed by atoms with Crippen LogP contribution in [0.1, 0.15) is 18.1 Å². The number of aryl methyl sites for hydroxylation is 1. The second-order valence-corrected chi connectivity index (χ2v) is 4.04. The van der Waals surface area contributed by atoms with Gasteiger partial charge in [0, 0.05) is 6.42 Å². The third-order valence-electron chi connectivity index (χ3n) is 1.82. The Morgan fingerprint density at radius 3 is 2.00 bits per heavy atom. The van der Waals surface area contributed by atoms with Crippen LogP contribution in [0.2, 0.25) is 0 Å². The van der Waals surface area contributed by atoms with Crippen molar-refractivity contribution in [2.45, 2.75) is 24.6 Å². The largest absolute Gasteiger partial charge is 0.111 e. The summed E-state index contributed by atoms with van der Waals surface area (Å²) in [7, 11) is 0. The van der Waals surface area contributed by atoms with E-state index < -0.39 is 0 Å². The summed E-state index contributed by atoms with van der Waals surface area (Å²) in [5, 5.41) is 0. The second-order valence-electron chi connectivity index (χ2n) is 2.77. The molecule has 1 aromatic rings. The minimum absolute atomic E-state index is 0.294. The molecule has 1 aromatic carbocycles. The molecule has 0 saturated heterocycles. The lowest BCUT2D eigenvalue weighted by Crippen LogP contribution is -1.93. The van der Waals surface area contributed by atoms with Gasteiger partial charge in [0.05, 0.1) is 0 Å². The Balaban J connectivity index is 2.65. The number of hydrogen-bond acceptors (Lipinski definition) is 0. The van der Waals surface area contributed by atoms with Gasteiger partial charge in [0.15, 0.2) is 0 Å². The van der Waals surface area contributed by atoms with E-state index in [9.17, 15) is 0 Å². The minimum Gasteiger partial charge on any atom is -0.105 e. The van der Waals surface area contributed by atoms with Crippen molar-refractivity contribution in [1.82, 2.24) is 0 Å². The predicted molar refractivity (Wildman–Crippen MR) is 55.0 cm³/mol. The first-order valence-electron chi connectivity index (χ1n) is 4.08.